The highest BCUT2D eigenvalue weighted by atomic mass is 16.3. The van der Waals surface area contributed by atoms with Gasteiger partial charge in [-0.25, -0.2) is 4.98 Å². The van der Waals surface area contributed by atoms with Gasteiger partial charge in [0.05, 0.1) is 12.1 Å². The topological polar surface area (TPSA) is 58.4 Å². The normalized spacial score (nSPS) is 10.5. The van der Waals surface area contributed by atoms with Crippen LogP contribution in [0.3, 0.4) is 0 Å². The number of hydrogen-bond donors (Lipinski definition) is 1. The molecule has 2 aromatic rings. The molecule has 1 heterocycles. The van der Waals surface area contributed by atoms with Crippen molar-refractivity contribution in [2.75, 3.05) is 7.05 Å². The van der Waals surface area contributed by atoms with Gasteiger partial charge in [-0.1, -0.05) is 6.07 Å². The third-order valence-electron chi connectivity index (χ3n) is 3.03. The number of nitrogens with zero attached hydrogens (tertiary/aromatic N) is 3. The lowest BCUT2D eigenvalue weighted by atomic mass is 10.1. The minimum absolute atomic E-state index is 0.0108. The molecule has 0 fully saturated rings. The van der Waals surface area contributed by atoms with E-state index < -0.39 is 0 Å². The molecule has 0 aliphatic rings. The molecule has 0 spiro atoms. The molecule has 0 radical (unpaired) electrons. The van der Waals surface area contributed by atoms with Gasteiger partial charge in [0.15, 0.2) is 0 Å². The van der Waals surface area contributed by atoms with Crippen LogP contribution in [0.4, 0.5) is 0 Å². The molecular weight excluding hydrogens is 242 g/mol. The van der Waals surface area contributed by atoms with Crippen LogP contribution in [0.15, 0.2) is 30.6 Å². The van der Waals surface area contributed by atoms with Crippen molar-refractivity contribution in [3.05, 3.63) is 47.5 Å². The zero-order valence-corrected chi connectivity index (χ0v) is 11.3. The van der Waals surface area contributed by atoms with Gasteiger partial charge in [-0.15, -0.1) is 0 Å². The first-order chi connectivity index (χ1) is 8.99. The van der Waals surface area contributed by atoms with Crippen molar-refractivity contribution in [3.8, 4) is 5.75 Å². The van der Waals surface area contributed by atoms with E-state index in [1.807, 2.05) is 30.8 Å². The molecule has 0 atom stereocenters. The van der Waals surface area contributed by atoms with Gasteiger partial charge in [0.1, 0.15) is 11.6 Å². The highest BCUT2D eigenvalue weighted by molar-refractivity contribution is 5.96. The van der Waals surface area contributed by atoms with E-state index in [2.05, 4.69) is 4.98 Å². The maximum atomic E-state index is 12.2. The summed E-state index contributed by atoms with van der Waals surface area (Å²) in [5.41, 5.74) is 1.23. The van der Waals surface area contributed by atoms with Crippen molar-refractivity contribution in [2.24, 2.45) is 7.05 Å². The minimum atomic E-state index is -0.222. The molecule has 1 N–H and O–H groups in total. The smallest absolute Gasteiger partial charge is 0.257 e. The third kappa shape index (κ3) is 2.76. The number of phenols is 1. The number of rotatable bonds is 3. The van der Waals surface area contributed by atoms with Crippen LogP contribution < -0.4 is 0 Å². The van der Waals surface area contributed by atoms with Crippen LogP contribution in [0.5, 0.6) is 5.75 Å². The molecule has 19 heavy (non-hydrogen) atoms. The lowest BCUT2D eigenvalue weighted by Gasteiger charge is -2.17. The Kier molecular flexibility index (Phi) is 3.55. The van der Waals surface area contributed by atoms with E-state index in [4.69, 9.17) is 0 Å². The maximum Gasteiger partial charge on any atom is 0.257 e. The number of amides is 1. The highest BCUT2D eigenvalue weighted by Crippen LogP contribution is 2.20. The monoisotopic (exact) mass is 259 g/mol. The van der Waals surface area contributed by atoms with Crippen LogP contribution in [0.25, 0.3) is 0 Å². The maximum absolute atomic E-state index is 12.2. The van der Waals surface area contributed by atoms with Gasteiger partial charge in [-0.3, -0.25) is 4.79 Å². The Labute approximate surface area is 112 Å². The Morgan fingerprint density at radius 2 is 2.21 bits per heavy atom. The molecule has 0 saturated carbocycles. The molecule has 1 aromatic carbocycles. The number of aromatic nitrogens is 2. The molecule has 0 aliphatic carbocycles. The first kappa shape index (κ1) is 13.1. The fraction of sp³-hybridized carbons (Fsp3) is 0.286. The Hall–Kier alpha value is -2.30. The Morgan fingerprint density at radius 1 is 1.47 bits per heavy atom. The third-order valence-corrected chi connectivity index (χ3v) is 3.03. The molecule has 5 nitrogen and oxygen atoms in total. The van der Waals surface area contributed by atoms with Gasteiger partial charge in [-0.2, -0.15) is 0 Å². The number of aromatic hydroxyl groups is 1. The average molecular weight is 259 g/mol. The number of carbonyl (C=O) groups is 1. The minimum Gasteiger partial charge on any atom is -0.507 e. The summed E-state index contributed by atoms with van der Waals surface area (Å²) in [6.07, 6.45) is 3.52. The number of aryl methyl sites for hydroxylation is 2. The lowest BCUT2D eigenvalue weighted by Crippen LogP contribution is -2.27. The van der Waals surface area contributed by atoms with E-state index in [1.54, 1.807) is 25.4 Å². The average Bonchev–Trinajstić information content (AvgIpc) is 2.74. The standard InChI is InChI=1S/C14H17N3O2/c1-10-4-5-11(12(18)8-10)14(19)17(3)9-13-15-6-7-16(13)2/h4-8,18H,9H2,1-3H3. The zero-order valence-electron chi connectivity index (χ0n) is 11.3. The second-order valence-electron chi connectivity index (χ2n) is 4.64. The number of benzene rings is 1. The molecule has 0 bridgehead atoms. The highest BCUT2D eigenvalue weighted by Gasteiger charge is 2.17. The van der Waals surface area contributed by atoms with Gasteiger partial charge in [0.25, 0.3) is 5.91 Å². The Morgan fingerprint density at radius 3 is 2.79 bits per heavy atom. The zero-order chi connectivity index (χ0) is 14.0. The SMILES string of the molecule is Cc1ccc(C(=O)N(C)Cc2nccn2C)c(O)c1. The summed E-state index contributed by atoms with van der Waals surface area (Å²) in [7, 11) is 3.57. The van der Waals surface area contributed by atoms with E-state index in [-0.39, 0.29) is 11.7 Å². The number of imidazole rings is 1. The molecule has 0 aliphatic heterocycles. The molecule has 5 heteroatoms. The number of hydrogen-bond acceptors (Lipinski definition) is 3. The van der Waals surface area contributed by atoms with Gasteiger partial charge in [-0.05, 0) is 24.6 Å². The number of phenolic OH excluding ortho intramolecular Hbond substituents is 1. The van der Waals surface area contributed by atoms with Crippen LogP contribution in [0.1, 0.15) is 21.7 Å². The van der Waals surface area contributed by atoms with Crippen LogP contribution in [-0.4, -0.2) is 32.5 Å². The van der Waals surface area contributed by atoms with E-state index in [0.717, 1.165) is 11.4 Å². The molecule has 1 aromatic heterocycles. The Balaban J connectivity index is 2.17. The van der Waals surface area contributed by atoms with Crippen molar-refractivity contribution >= 4 is 5.91 Å². The van der Waals surface area contributed by atoms with Crippen LogP contribution in [-0.2, 0) is 13.6 Å². The van der Waals surface area contributed by atoms with Crippen molar-refractivity contribution < 1.29 is 9.90 Å². The molecule has 1 amide bonds. The van der Waals surface area contributed by atoms with E-state index in [0.29, 0.717) is 12.1 Å². The summed E-state index contributed by atoms with van der Waals surface area (Å²) < 4.78 is 1.86. The second-order valence-corrected chi connectivity index (χ2v) is 4.64. The molecular formula is C14H17N3O2. The fourth-order valence-electron chi connectivity index (χ4n) is 1.86. The predicted molar refractivity (Wildman–Crippen MR) is 71.8 cm³/mol. The first-order valence-corrected chi connectivity index (χ1v) is 6.00. The Bertz CT molecular complexity index is 604. The molecule has 2 rings (SSSR count). The van der Waals surface area contributed by atoms with Crippen LogP contribution in [0, 0.1) is 6.92 Å². The second kappa shape index (κ2) is 5.14. The summed E-state index contributed by atoms with van der Waals surface area (Å²) in [6, 6.07) is 5.03. The van der Waals surface area contributed by atoms with E-state index in [1.165, 1.54) is 4.90 Å². The summed E-state index contributed by atoms with van der Waals surface area (Å²) in [5.74, 6) is 0.583. The van der Waals surface area contributed by atoms with Gasteiger partial charge in [0.2, 0.25) is 0 Å². The van der Waals surface area contributed by atoms with Crippen molar-refractivity contribution in [1.29, 1.82) is 0 Å². The summed E-state index contributed by atoms with van der Waals surface area (Å²) >= 11 is 0. The fourth-order valence-corrected chi connectivity index (χ4v) is 1.86. The summed E-state index contributed by atoms with van der Waals surface area (Å²) in [6.45, 7) is 2.27. The van der Waals surface area contributed by atoms with Crippen LogP contribution >= 0.6 is 0 Å². The van der Waals surface area contributed by atoms with Crippen LogP contribution in [0.2, 0.25) is 0 Å². The molecule has 100 valence electrons. The predicted octanol–water partition coefficient (Wildman–Crippen LogP) is 1.71. The first-order valence-electron chi connectivity index (χ1n) is 6.00. The van der Waals surface area contributed by atoms with Gasteiger partial charge >= 0.3 is 0 Å². The summed E-state index contributed by atoms with van der Waals surface area (Å²) in [4.78, 5) is 18.0. The largest absolute Gasteiger partial charge is 0.507 e. The quantitative estimate of drug-likeness (QED) is 0.912. The van der Waals surface area contributed by atoms with Gasteiger partial charge < -0.3 is 14.6 Å². The molecule has 0 unspecified atom stereocenters. The molecule has 0 saturated heterocycles. The lowest BCUT2D eigenvalue weighted by molar-refractivity contribution is 0.0777. The number of carbonyl (C=O) groups excluding carboxylic acids is 1. The van der Waals surface area contributed by atoms with Crippen molar-refractivity contribution in [3.63, 3.8) is 0 Å². The van der Waals surface area contributed by atoms with Crippen molar-refractivity contribution in [1.82, 2.24) is 14.5 Å². The van der Waals surface area contributed by atoms with Crippen molar-refractivity contribution in [2.45, 2.75) is 13.5 Å². The summed E-state index contributed by atoms with van der Waals surface area (Å²) in [5, 5.41) is 9.82. The van der Waals surface area contributed by atoms with E-state index >= 15 is 0 Å². The van der Waals surface area contributed by atoms with Gasteiger partial charge in [0, 0.05) is 26.5 Å². The van der Waals surface area contributed by atoms with E-state index in [9.17, 15) is 9.90 Å².